The molecule has 4 rings (SSSR count). The summed E-state index contributed by atoms with van der Waals surface area (Å²) in [7, 11) is 0. The highest BCUT2D eigenvalue weighted by molar-refractivity contribution is 5.46. The first-order chi connectivity index (χ1) is 15.2. The quantitative estimate of drug-likeness (QED) is 0.337. The number of hydrogen-bond donors (Lipinski definition) is 0. The molecule has 0 fully saturated rings. The van der Waals surface area contributed by atoms with Crippen LogP contribution in [0.4, 0.5) is 22.0 Å². The van der Waals surface area contributed by atoms with Crippen molar-refractivity contribution >= 4 is 0 Å². The molecule has 0 aliphatic heterocycles. The van der Waals surface area contributed by atoms with Crippen LogP contribution >= 0.6 is 0 Å². The topological polar surface area (TPSA) is 9.23 Å². The number of benzene rings is 2. The average Bonchev–Trinajstić information content (AvgIpc) is 2.75. The van der Waals surface area contributed by atoms with E-state index in [1.165, 1.54) is 22.3 Å². The summed E-state index contributed by atoms with van der Waals surface area (Å²) in [6.45, 7) is 2.17. The third-order valence-corrected chi connectivity index (χ3v) is 6.65. The summed E-state index contributed by atoms with van der Waals surface area (Å²) < 4.78 is 69.1. The molecule has 2 aromatic rings. The molecule has 0 aromatic heterocycles. The Hall–Kier alpha value is -2.37. The van der Waals surface area contributed by atoms with Gasteiger partial charge in [0.2, 0.25) is 5.75 Å². The van der Waals surface area contributed by atoms with E-state index in [9.17, 15) is 22.0 Å². The fourth-order valence-corrected chi connectivity index (χ4v) is 5.13. The number of hydrogen-bond acceptors (Lipinski definition) is 1. The van der Waals surface area contributed by atoms with Gasteiger partial charge in [-0.3, -0.25) is 0 Å². The van der Waals surface area contributed by atoms with Crippen molar-refractivity contribution in [2.75, 3.05) is 0 Å². The van der Waals surface area contributed by atoms with Crippen LogP contribution < -0.4 is 4.74 Å². The zero-order valence-electron chi connectivity index (χ0n) is 18.1. The Kier molecular flexibility index (Phi) is 6.59. The number of unbranched alkanes of at least 4 members (excludes halogenated alkanes) is 1. The molecule has 0 saturated heterocycles. The molecule has 2 aliphatic carbocycles. The molecule has 32 heavy (non-hydrogen) atoms. The van der Waals surface area contributed by atoms with Gasteiger partial charge < -0.3 is 4.74 Å². The molecule has 0 amide bonds. The van der Waals surface area contributed by atoms with Crippen LogP contribution in [-0.2, 0) is 25.7 Å². The van der Waals surface area contributed by atoms with Gasteiger partial charge in [0.1, 0.15) is 0 Å². The average molecular weight is 450 g/mol. The van der Waals surface area contributed by atoms with Crippen molar-refractivity contribution in [3.8, 4) is 5.75 Å². The summed E-state index contributed by atoms with van der Waals surface area (Å²) >= 11 is 0. The Morgan fingerprint density at radius 1 is 0.969 bits per heavy atom. The molecular weight excluding hydrogens is 423 g/mol. The molecule has 2 aliphatic rings. The van der Waals surface area contributed by atoms with E-state index in [0.29, 0.717) is 24.3 Å². The summed E-state index contributed by atoms with van der Waals surface area (Å²) in [4.78, 5) is 0. The van der Waals surface area contributed by atoms with Crippen LogP contribution in [0.5, 0.6) is 5.75 Å². The van der Waals surface area contributed by atoms with Gasteiger partial charge in [0.05, 0.1) is 0 Å². The Bertz CT molecular complexity index is 985. The molecule has 0 heterocycles. The second-order valence-corrected chi connectivity index (χ2v) is 8.86. The number of allylic oxidation sites excluding steroid dienone is 2. The van der Waals surface area contributed by atoms with E-state index < -0.39 is 23.7 Å². The summed E-state index contributed by atoms with van der Waals surface area (Å²) in [5.74, 6) is -3.61. The molecule has 1 nitrogen and oxygen atoms in total. The van der Waals surface area contributed by atoms with E-state index in [1.54, 1.807) is 0 Å². The summed E-state index contributed by atoms with van der Waals surface area (Å²) in [5, 5.41) is 0. The highest BCUT2D eigenvalue weighted by atomic mass is 19.4. The Morgan fingerprint density at radius 3 is 2.22 bits per heavy atom. The van der Waals surface area contributed by atoms with Gasteiger partial charge in [0.15, 0.2) is 11.6 Å². The van der Waals surface area contributed by atoms with Gasteiger partial charge in [-0.15, -0.1) is 13.2 Å². The molecule has 0 spiro atoms. The van der Waals surface area contributed by atoms with Crippen molar-refractivity contribution in [1.29, 1.82) is 0 Å². The first kappa shape index (κ1) is 22.8. The van der Waals surface area contributed by atoms with Crippen molar-refractivity contribution in [2.45, 2.75) is 70.6 Å². The lowest BCUT2D eigenvalue weighted by Crippen LogP contribution is -2.21. The molecule has 0 radical (unpaired) electrons. The summed E-state index contributed by atoms with van der Waals surface area (Å²) in [6, 6.07) is 6.25. The van der Waals surface area contributed by atoms with Crippen molar-refractivity contribution in [3.63, 3.8) is 0 Å². The van der Waals surface area contributed by atoms with Gasteiger partial charge in [-0.1, -0.05) is 37.6 Å². The van der Waals surface area contributed by atoms with Gasteiger partial charge in [0.25, 0.3) is 0 Å². The molecule has 0 N–H and O–H groups in total. The molecule has 2 atom stereocenters. The van der Waals surface area contributed by atoms with Crippen LogP contribution in [0.25, 0.3) is 0 Å². The lowest BCUT2D eigenvalue weighted by atomic mass is 9.74. The van der Waals surface area contributed by atoms with Crippen molar-refractivity contribution in [3.05, 3.63) is 75.9 Å². The highest BCUT2D eigenvalue weighted by Gasteiger charge is 2.35. The predicted octanol–water partition coefficient (Wildman–Crippen LogP) is 7.60. The van der Waals surface area contributed by atoms with Gasteiger partial charge in [-0.2, -0.15) is 0 Å². The molecular formula is C26H27F5O. The van der Waals surface area contributed by atoms with E-state index in [-0.39, 0.29) is 5.92 Å². The fourth-order valence-electron chi connectivity index (χ4n) is 5.13. The van der Waals surface area contributed by atoms with E-state index in [4.69, 9.17) is 0 Å². The SMILES string of the molecule is CCC/C=C/[C@H]1CCc2c(ccc3c2CC[C@H](c2cc(F)c(OC(F)(F)F)c(F)c2)C3)C1. The van der Waals surface area contributed by atoms with Gasteiger partial charge in [-0.05, 0) is 96.7 Å². The minimum absolute atomic E-state index is 0.141. The molecule has 0 unspecified atom stereocenters. The van der Waals surface area contributed by atoms with E-state index in [2.05, 4.69) is 35.9 Å². The maximum absolute atomic E-state index is 14.2. The predicted molar refractivity (Wildman–Crippen MR) is 114 cm³/mol. The van der Waals surface area contributed by atoms with Crippen LogP contribution in [-0.4, -0.2) is 6.36 Å². The Balaban J connectivity index is 1.52. The standard InChI is InChI=1S/C26H27F5O/c1-2-3-4-5-16-6-10-21-18(12-16)7-8-19-13-17(9-11-22(19)21)20-14-23(27)25(24(28)15-20)32-26(29,30)31/h4-5,7-8,14-17H,2-3,6,9-13H2,1H3/b5-4+/t16-,17-/m0/s1. The first-order valence-electron chi connectivity index (χ1n) is 11.3. The van der Waals surface area contributed by atoms with Gasteiger partial charge >= 0.3 is 6.36 Å². The summed E-state index contributed by atoms with van der Waals surface area (Å²) in [6.07, 6.45) is 7.10. The smallest absolute Gasteiger partial charge is 0.399 e. The monoisotopic (exact) mass is 450 g/mol. The maximum Gasteiger partial charge on any atom is 0.573 e. The lowest BCUT2D eigenvalue weighted by Gasteiger charge is -2.31. The summed E-state index contributed by atoms with van der Waals surface area (Å²) in [5.41, 5.74) is 5.72. The number of rotatable bonds is 5. The van der Waals surface area contributed by atoms with Gasteiger partial charge in [0, 0.05) is 0 Å². The number of ether oxygens (including phenoxy) is 1. The second-order valence-electron chi connectivity index (χ2n) is 8.86. The van der Waals surface area contributed by atoms with Gasteiger partial charge in [-0.25, -0.2) is 8.78 Å². The largest absolute Gasteiger partial charge is 0.573 e. The van der Waals surface area contributed by atoms with E-state index in [1.807, 2.05) is 0 Å². The zero-order valence-corrected chi connectivity index (χ0v) is 18.1. The second kappa shape index (κ2) is 9.24. The number of alkyl halides is 3. The van der Waals surface area contributed by atoms with Crippen LogP contribution in [0.2, 0.25) is 0 Å². The molecule has 172 valence electrons. The fraction of sp³-hybridized carbons (Fsp3) is 0.462. The van der Waals surface area contributed by atoms with E-state index >= 15 is 0 Å². The van der Waals surface area contributed by atoms with Crippen molar-refractivity contribution < 1.29 is 26.7 Å². The first-order valence-corrected chi connectivity index (χ1v) is 11.3. The molecule has 6 heteroatoms. The minimum Gasteiger partial charge on any atom is -0.399 e. The normalized spacial score (nSPS) is 20.8. The van der Waals surface area contributed by atoms with E-state index in [0.717, 1.165) is 50.7 Å². The Morgan fingerprint density at radius 2 is 1.59 bits per heavy atom. The number of fused-ring (bicyclic) bond motifs is 3. The maximum atomic E-state index is 14.2. The zero-order chi connectivity index (χ0) is 22.9. The van der Waals surface area contributed by atoms with Crippen LogP contribution in [0.1, 0.15) is 66.3 Å². The number of halogens is 5. The highest BCUT2D eigenvalue weighted by Crippen LogP contribution is 2.40. The van der Waals surface area contributed by atoms with Crippen LogP contribution in [0.15, 0.2) is 36.4 Å². The Labute approximate surface area is 185 Å². The molecule has 0 bridgehead atoms. The lowest BCUT2D eigenvalue weighted by molar-refractivity contribution is -0.276. The van der Waals surface area contributed by atoms with Crippen molar-refractivity contribution in [1.82, 2.24) is 0 Å². The minimum atomic E-state index is -5.14. The third-order valence-electron chi connectivity index (χ3n) is 6.65. The molecule has 0 saturated carbocycles. The van der Waals surface area contributed by atoms with Crippen LogP contribution in [0.3, 0.4) is 0 Å². The van der Waals surface area contributed by atoms with Crippen molar-refractivity contribution in [2.24, 2.45) is 5.92 Å². The van der Waals surface area contributed by atoms with Crippen LogP contribution in [0, 0.1) is 17.6 Å². The molecule has 2 aromatic carbocycles. The third kappa shape index (κ3) is 5.00.